The third-order valence-corrected chi connectivity index (χ3v) is 6.23. The van der Waals surface area contributed by atoms with Gasteiger partial charge in [0.25, 0.3) is 0 Å². The molecule has 0 aliphatic rings. The highest BCUT2D eigenvalue weighted by Crippen LogP contribution is 1.74. The van der Waals surface area contributed by atoms with E-state index in [0.29, 0.717) is 19.6 Å². The standard InChI is InChI=1S/C28H59N13O8/c42-23(40-25(45)26(46)41-27(47)28(48)49)21-38-19-17-36-15-13-34-11-9-32-7-5-30-3-1-29-2-4-31-6-8-33-10-12-35-14-16-37-18-20-39-22-24(43)44/h29-39H,1-22H2,(H,43,44)(H,48,49)(H,40,42,45)(H,41,46,47). The summed E-state index contributed by atoms with van der Waals surface area (Å²) in [5.74, 6) is -8.18. The van der Waals surface area contributed by atoms with E-state index in [-0.39, 0.29) is 13.1 Å². The lowest BCUT2D eigenvalue weighted by atomic mass is 10.4. The van der Waals surface area contributed by atoms with Crippen LogP contribution < -0.4 is 69.1 Å². The molecule has 4 amide bonds. The zero-order valence-corrected chi connectivity index (χ0v) is 28.4. The van der Waals surface area contributed by atoms with Crippen molar-refractivity contribution in [2.75, 3.05) is 144 Å². The maximum atomic E-state index is 11.6. The quantitative estimate of drug-likeness (QED) is 0.0218. The van der Waals surface area contributed by atoms with E-state index in [4.69, 9.17) is 10.2 Å². The molecule has 0 fully saturated rings. The lowest BCUT2D eigenvalue weighted by Gasteiger charge is -2.10. The van der Waals surface area contributed by atoms with Crippen LogP contribution in [0.25, 0.3) is 0 Å². The van der Waals surface area contributed by atoms with E-state index in [1.807, 2.05) is 0 Å². The molecule has 0 rings (SSSR count). The summed E-state index contributed by atoms with van der Waals surface area (Å²) in [6, 6.07) is 0. The first-order chi connectivity index (χ1) is 23.7. The molecule has 21 heteroatoms. The molecule has 0 atom stereocenters. The molecule has 0 spiro atoms. The zero-order valence-electron chi connectivity index (χ0n) is 28.4. The number of imide groups is 2. The molecule has 0 unspecified atom stereocenters. The molecule has 0 bridgehead atoms. The lowest BCUT2D eigenvalue weighted by Crippen LogP contribution is -2.48. The van der Waals surface area contributed by atoms with Crippen LogP contribution in [0.4, 0.5) is 0 Å². The second-order valence-electron chi connectivity index (χ2n) is 10.5. The lowest BCUT2D eigenvalue weighted by molar-refractivity contribution is -0.153. The molecular formula is C28H59N13O8. The highest BCUT2D eigenvalue weighted by atomic mass is 16.4. The first kappa shape index (κ1) is 45.8. The van der Waals surface area contributed by atoms with Crippen LogP contribution in [0.15, 0.2) is 0 Å². The number of hydrogen-bond donors (Lipinski definition) is 15. The van der Waals surface area contributed by atoms with Crippen molar-refractivity contribution in [3.05, 3.63) is 0 Å². The fourth-order valence-electron chi connectivity index (χ4n) is 3.73. The van der Waals surface area contributed by atoms with E-state index >= 15 is 0 Å². The summed E-state index contributed by atoms with van der Waals surface area (Å²) in [4.78, 5) is 65.9. The Kier molecular flexibility index (Phi) is 32.4. The van der Waals surface area contributed by atoms with Gasteiger partial charge in [-0.1, -0.05) is 0 Å². The van der Waals surface area contributed by atoms with Gasteiger partial charge in [-0.25, -0.2) is 4.79 Å². The van der Waals surface area contributed by atoms with Crippen LogP contribution in [0, 0.1) is 0 Å². The molecular weight excluding hydrogens is 646 g/mol. The SMILES string of the molecule is O=C(O)CNCCNCCNCCNCCNCCNCCNCCNCCNCCNCCNCC(=O)NC(=O)C(=O)NC(=O)C(=O)O. The van der Waals surface area contributed by atoms with E-state index in [1.165, 1.54) is 5.32 Å². The van der Waals surface area contributed by atoms with Gasteiger partial charge in [0.15, 0.2) is 0 Å². The molecule has 0 saturated heterocycles. The summed E-state index contributed by atoms with van der Waals surface area (Å²) in [5, 5.41) is 55.6. The van der Waals surface area contributed by atoms with Gasteiger partial charge in [0, 0.05) is 131 Å². The van der Waals surface area contributed by atoms with Crippen LogP contribution >= 0.6 is 0 Å². The summed E-state index contributed by atoms with van der Waals surface area (Å²) in [7, 11) is 0. The number of carboxylic acid groups (broad SMARTS) is 2. The topological polar surface area (TPSA) is 299 Å². The minimum atomic E-state index is -1.93. The van der Waals surface area contributed by atoms with Crippen molar-refractivity contribution in [1.29, 1.82) is 0 Å². The van der Waals surface area contributed by atoms with Crippen molar-refractivity contribution >= 4 is 35.6 Å². The van der Waals surface area contributed by atoms with Crippen molar-refractivity contribution < 1.29 is 39.0 Å². The minimum absolute atomic E-state index is 0.00708. The third kappa shape index (κ3) is 34.4. The molecule has 0 saturated carbocycles. The summed E-state index contributed by atoms with van der Waals surface area (Å²) in [6.07, 6.45) is 0. The summed E-state index contributed by atoms with van der Waals surface area (Å²) in [6.45, 7) is 16.1. The van der Waals surface area contributed by atoms with E-state index in [2.05, 4.69) is 58.5 Å². The van der Waals surface area contributed by atoms with Gasteiger partial charge in [0.05, 0.1) is 13.1 Å². The Morgan fingerprint density at radius 2 is 0.551 bits per heavy atom. The molecule has 0 radical (unpaired) electrons. The van der Waals surface area contributed by atoms with Gasteiger partial charge in [-0.2, -0.15) is 0 Å². The van der Waals surface area contributed by atoms with Gasteiger partial charge >= 0.3 is 29.7 Å². The number of carbonyl (C=O) groups excluding carboxylic acids is 4. The maximum absolute atomic E-state index is 11.6. The van der Waals surface area contributed by atoms with Crippen LogP contribution in [-0.2, 0) is 28.8 Å². The molecule has 0 aromatic carbocycles. The van der Waals surface area contributed by atoms with Gasteiger partial charge in [-0.05, 0) is 0 Å². The summed E-state index contributed by atoms with van der Waals surface area (Å²) in [5.41, 5.74) is 0. The number of aliphatic carboxylic acids is 2. The number of nitrogens with one attached hydrogen (secondary N) is 13. The Morgan fingerprint density at radius 3 is 0.816 bits per heavy atom. The van der Waals surface area contributed by atoms with E-state index < -0.39 is 35.6 Å². The number of carbonyl (C=O) groups is 6. The van der Waals surface area contributed by atoms with Gasteiger partial charge in [-0.3, -0.25) is 34.6 Å². The number of carboxylic acids is 2. The third-order valence-electron chi connectivity index (χ3n) is 6.23. The smallest absolute Gasteiger partial charge is 0.394 e. The number of rotatable bonds is 34. The fourth-order valence-corrected chi connectivity index (χ4v) is 3.73. The molecule has 0 aliphatic heterocycles. The van der Waals surface area contributed by atoms with Crippen LogP contribution in [-0.4, -0.2) is 190 Å². The monoisotopic (exact) mass is 705 g/mol. The molecule has 0 heterocycles. The molecule has 0 aromatic rings. The van der Waals surface area contributed by atoms with Crippen LogP contribution in [0.5, 0.6) is 0 Å². The molecule has 21 nitrogen and oxygen atoms in total. The predicted octanol–water partition coefficient (Wildman–Crippen LogP) is -8.07. The van der Waals surface area contributed by atoms with Crippen LogP contribution in [0.3, 0.4) is 0 Å². The largest absolute Gasteiger partial charge is 0.480 e. The van der Waals surface area contributed by atoms with Crippen LogP contribution in [0.1, 0.15) is 0 Å². The summed E-state index contributed by atoms with van der Waals surface area (Å²) >= 11 is 0. The van der Waals surface area contributed by atoms with E-state index in [0.717, 1.165) is 111 Å². The molecule has 15 N–H and O–H groups in total. The first-order valence-corrected chi connectivity index (χ1v) is 16.7. The second kappa shape index (κ2) is 34.6. The molecule has 0 aromatic heterocycles. The number of amides is 4. The first-order valence-electron chi connectivity index (χ1n) is 16.7. The fraction of sp³-hybridized carbons (Fsp3) is 0.786. The molecule has 0 aliphatic carbocycles. The Bertz CT molecular complexity index is 918. The van der Waals surface area contributed by atoms with Crippen molar-refractivity contribution in [2.45, 2.75) is 0 Å². The Hall–Kier alpha value is -3.22. The average molecular weight is 706 g/mol. The Balaban J connectivity index is 3.24. The van der Waals surface area contributed by atoms with E-state index in [9.17, 15) is 28.8 Å². The normalized spacial score (nSPS) is 10.9. The van der Waals surface area contributed by atoms with Crippen molar-refractivity contribution in [2.24, 2.45) is 0 Å². The minimum Gasteiger partial charge on any atom is -0.480 e. The average Bonchev–Trinajstić information content (AvgIpc) is 3.06. The van der Waals surface area contributed by atoms with Crippen LogP contribution in [0.2, 0.25) is 0 Å². The van der Waals surface area contributed by atoms with Crippen molar-refractivity contribution in [1.82, 2.24) is 69.1 Å². The highest BCUT2D eigenvalue weighted by molar-refractivity contribution is 6.45. The predicted molar refractivity (Wildman–Crippen MR) is 183 cm³/mol. The number of hydrogen-bond acceptors (Lipinski definition) is 17. The Labute approximate surface area is 287 Å². The second-order valence-corrected chi connectivity index (χ2v) is 10.5. The highest BCUT2D eigenvalue weighted by Gasteiger charge is 2.22. The zero-order chi connectivity index (χ0) is 36.2. The van der Waals surface area contributed by atoms with E-state index in [1.54, 1.807) is 5.32 Å². The van der Waals surface area contributed by atoms with Gasteiger partial charge in [-0.15, -0.1) is 0 Å². The van der Waals surface area contributed by atoms with Gasteiger partial charge in [0.1, 0.15) is 0 Å². The Morgan fingerprint density at radius 1 is 0.306 bits per heavy atom. The van der Waals surface area contributed by atoms with Crippen molar-refractivity contribution in [3.63, 3.8) is 0 Å². The maximum Gasteiger partial charge on any atom is 0.394 e. The van der Waals surface area contributed by atoms with Gasteiger partial charge in [0.2, 0.25) is 5.91 Å². The van der Waals surface area contributed by atoms with Gasteiger partial charge < -0.3 is 68.7 Å². The molecule has 284 valence electrons. The summed E-state index contributed by atoms with van der Waals surface area (Å²) < 4.78 is 0. The van der Waals surface area contributed by atoms with Crippen molar-refractivity contribution in [3.8, 4) is 0 Å². The molecule has 49 heavy (non-hydrogen) atoms.